The molecule has 0 aliphatic heterocycles. The Morgan fingerprint density at radius 2 is 1.53 bits per heavy atom. The van der Waals surface area contributed by atoms with E-state index in [9.17, 15) is 14.4 Å². The molecule has 0 saturated carbocycles. The molecule has 36 heavy (non-hydrogen) atoms. The molecule has 7 nitrogen and oxygen atoms in total. The molecule has 2 N–H and O–H groups in total. The Morgan fingerprint density at radius 3 is 2.28 bits per heavy atom. The third-order valence-corrected chi connectivity index (χ3v) is 6.06. The largest absolute Gasteiger partial charge is 0.459 e. The molecule has 2 atom stereocenters. The van der Waals surface area contributed by atoms with E-state index in [-0.39, 0.29) is 18.2 Å². The Bertz CT molecular complexity index is 1350. The number of hydrogen-bond donors (Lipinski definition) is 2. The van der Waals surface area contributed by atoms with Gasteiger partial charge in [-0.05, 0) is 41.3 Å². The first kappa shape index (κ1) is 25.0. The van der Waals surface area contributed by atoms with E-state index in [1.807, 2.05) is 86.6 Å². The van der Waals surface area contributed by atoms with Crippen LogP contribution < -0.4 is 10.6 Å². The SMILES string of the molecule is CC(NC(=O)COC(=O)C(NC(=O)Cc1cccc2ccccc12)C(C)C)c1cc2ccccc2o1. The highest BCUT2D eigenvalue weighted by atomic mass is 16.5. The van der Waals surface area contributed by atoms with Crippen LogP contribution in [-0.2, 0) is 25.5 Å². The molecule has 1 aromatic heterocycles. The van der Waals surface area contributed by atoms with Crippen molar-refractivity contribution in [2.45, 2.75) is 39.3 Å². The van der Waals surface area contributed by atoms with E-state index in [1.165, 1.54) is 0 Å². The second-order valence-electron chi connectivity index (χ2n) is 9.19. The van der Waals surface area contributed by atoms with Crippen LogP contribution in [0.5, 0.6) is 0 Å². The fourth-order valence-electron chi connectivity index (χ4n) is 4.14. The smallest absolute Gasteiger partial charge is 0.329 e. The molecule has 186 valence electrons. The Balaban J connectivity index is 1.31. The predicted molar refractivity (Wildman–Crippen MR) is 138 cm³/mol. The van der Waals surface area contributed by atoms with Crippen molar-refractivity contribution in [2.75, 3.05) is 6.61 Å². The molecule has 1 heterocycles. The third-order valence-electron chi connectivity index (χ3n) is 6.06. The molecule has 0 bridgehead atoms. The van der Waals surface area contributed by atoms with Gasteiger partial charge >= 0.3 is 5.97 Å². The van der Waals surface area contributed by atoms with E-state index in [1.54, 1.807) is 6.92 Å². The maximum atomic E-state index is 12.8. The van der Waals surface area contributed by atoms with Crippen LogP contribution in [0.15, 0.2) is 77.2 Å². The van der Waals surface area contributed by atoms with Crippen LogP contribution in [-0.4, -0.2) is 30.4 Å². The zero-order valence-corrected chi connectivity index (χ0v) is 20.6. The van der Waals surface area contributed by atoms with E-state index in [4.69, 9.17) is 9.15 Å². The number of para-hydroxylation sites is 1. The number of carbonyl (C=O) groups excluding carboxylic acids is 3. The molecule has 4 rings (SSSR count). The summed E-state index contributed by atoms with van der Waals surface area (Å²) in [6.07, 6.45) is 0.132. The van der Waals surface area contributed by atoms with Crippen LogP contribution in [0.4, 0.5) is 0 Å². The first-order valence-electron chi connectivity index (χ1n) is 12.0. The summed E-state index contributed by atoms with van der Waals surface area (Å²) >= 11 is 0. The fraction of sp³-hybridized carbons (Fsp3) is 0.276. The van der Waals surface area contributed by atoms with Gasteiger partial charge in [-0.1, -0.05) is 74.5 Å². The minimum Gasteiger partial charge on any atom is -0.459 e. The van der Waals surface area contributed by atoms with E-state index in [0.717, 1.165) is 27.3 Å². The molecule has 0 fully saturated rings. The van der Waals surface area contributed by atoms with E-state index >= 15 is 0 Å². The van der Waals surface area contributed by atoms with Crippen molar-refractivity contribution >= 4 is 39.5 Å². The van der Waals surface area contributed by atoms with Crippen LogP contribution in [0.3, 0.4) is 0 Å². The molecule has 3 aromatic carbocycles. The zero-order chi connectivity index (χ0) is 25.7. The van der Waals surface area contributed by atoms with Gasteiger partial charge in [0.25, 0.3) is 5.91 Å². The Morgan fingerprint density at radius 1 is 0.833 bits per heavy atom. The molecule has 4 aromatic rings. The summed E-state index contributed by atoms with van der Waals surface area (Å²) in [5.41, 5.74) is 1.61. The highest BCUT2D eigenvalue weighted by Gasteiger charge is 2.27. The summed E-state index contributed by atoms with van der Waals surface area (Å²) in [6.45, 7) is 4.97. The van der Waals surface area contributed by atoms with Crippen molar-refractivity contribution in [2.24, 2.45) is 5.92 Å². The van der Waals surface area contributed by atoms with Gasteiger partial charge in [-0.2, -0.15) is 0 Å². The monoisotopic (exact) mass is 486 g/mol. The number of fused-ring (bicyclic) bond motifs is 2. The summed E-state index contributed by atoms with van der Waals surface area (Å²) in [7, 11) is 0. The maximum absolute atomic E-state index is 12.8. The van der Waals surface area contributed by atoms with Crippen molar-refractivity contribution in [3.05, 3.63) is 84.1 Å². The normalized spacial score (nSPS) is 12.9. The zero-order valence-electron chi connectivity index (χ0n) is 20.6. The topological polar surface area (TPSA) is 97.6 Å². The molecular formula is C29H30N2O5. The first-order valence-corrected chi connectivity index (χ1v) is 12.0. The van der Waals surface area contributed by atoms with E-state index in [2.05, 4.69) is 10.6 Å². The van der Waals surface area contributed by atoms with Gasteiger partial charge in [0.05, 0.1) is 12.5 Å². The van der Waals surface area contributed by atoms with Gasteiger partial charge in [-0.15, -0.1) is 0 Å². The number of furan rings is 1. The second kappa shape index (κ2) is 11.1. The number of rotatable bonds is 9. The van der Waals surface area contributed by atoms with Gasteiger partial charge < -0.3 is 19.8 Å². The fourth-order valence-corrected chi connectivity index (χ4v) is 4.14. The van der Waals surface area contributed by atoms with Gasteiger partial charge in [0, 0.05) is 5.39 Å². The number of nitrogens with one attached hydrogen (secondary N) is 2. The first-order chi connectivity index (χ1) is 17.3. The molecule has 0 aliphatic carbocycles. The average Bonchev–Trinajstić information content (AvgIpc) is 3.30. The average molecular weight is 487 g/mol. The molecule has 2 amide bonds. The quantitative estimate of drug-likeness (QED) is 0.335. The van der Waals surface area contributed by atoms with Crippen molar-refractivity contribution in [1.29, 1.82) is 0 Å². The Hall–Kier alpha value is -4.13. The Kier molecular flexibility index (Phi) is 7.68. The van der Waals surface area contributed by atoms with Crippen LogP contribution in [0.2, 0.25) is 0 Å². The molecule has 0 radical (unpaired) electrons. The van der Waals surface area contributed by atoms with Crippen LogP contribution in [0.25, 0.3) is 21.7 Å². The standard InChI is InChI=1S/C29H30N2O5/c1-18(2)28(31-26(32)16-21-12-8-11-20-9-4-6-13-23(20)21)29(34)35-17-27(33)30-19(3)25-15-22-10-5-7-14-24(22)36-25/h4-15,18-19,28H,16-17H2,1-3H3,(H,30,33)(H,31,32). The lowest BCUT2D eigenvalue weighted by atomic mass is 10.0. The van der Waals surface area contributed by atoms with Gasteiger partial charge in [0.15, 0.2) is 6.61 Å². The lowest BCUT2D eigenvalue weighted by Crippen LogP contribution is -2.46. The second-order valence-corrected chi connectivity index (χ2v) is 9.19. The van der Waals surface area contributed by atoms with Gasteiger partial charge in [-0.3, -0.25) is 9.59 Å². The summed E-state index contributed by atoms with van der Waals surface area (Å²) in [5, 5.41) is 8.53. The van der Waals surface area contributed by atoms with Gasteiger partial charge in [0.1, 0.15) is 17.4 Å². The highest BCUT2D eigenvalue weighted by Crippen LogP contribution is 2.23. The lowest BCUT2D eigenvalue weighted by molar-refractivity contribution is -0.153. The lowest BCUT2D eigenvalue weighted by Gasteiger charge is -2.21. The minimum absolute atomic E-state index is 0.132. The number of ether oxygens (including phenoxy) is 1. The summed E-state index contributed by atoms with van der Waals surface area (Å²) in [5.74, 6) is -1.00. The van der Waals surface area contributed by atoms with Crippen molar-refractivity contribution in [3.8, 4) is 0 Å². The maximum Gasteiger partial charge on any atom is 0.329 e. The highest BCUT2D eigenvalue weighted by molar-refractivity contribution is 5.92. The number of esters is 1. The van der Waals surface area contributed by atoms with E-state index in [0.29, 0.717) is 5.76 Å². The van der Waals surface area contributed by atoms with Crippen molar-refractivity contribution in [3.63, 3.8) is 0 Å². The van der Waals surface area contributed by atoms with Gasteiger partial charge in [-0.25, -0.2) is 4.79 Å². The number of hydrogen-bond acceptors (Lipinski definition) is 5. The predicted octanol–water partition coefficient (Wildman–Crippen LogP) is 4.69. The number of carbonyl (C=O) groups is 3. The minimum atomic E-state index is -0.868. The molecule has 0 aliphatic rings. The molecule has 2 unspecified atom stereocenters. The van der Waals surface area contributed by atoms with Crippen LogP contribution in [0.1, 0.15) is 38.1 Å². The van der Waals surface area contributed by atoms with Crippen molar-refractivity contribution in [1.82, 2.24) is 10.6 Å². The third kappa shape index (κ3) is 5.92. The number of amides is 2. The van der Waals surface area contributed by atoms with E-state index < -0.39 is 30.6 Å². The molecular weight excluding hydrogens is 456 g/mol. The molecule has 7 heteroatoms. The molecule has 0 spiro atoms. The number of benzene rings is 3. The van der Waals surface area contributed by atoms with Crippen molar-refractivity contribution < 1.29 is 23.5 Å². The summed E-state index contributed by atoms with van der Waals surface area (Å²) < 4.78 is 11.0. The van der Waals surface area contributed by atoms with Crippen LogP contribution >= 0.6 is 0 Å². The summed E-state index contributed by atoms with van der Waals surface area (Å²) in [4.78, 5) is 37.9. The summed E-state index contributed by atoms with van der Waals surface area (Å²) in [6, 6.07) is 21.8. The Labute approximate surface area is 209 Å². The van der Waals surface area contributed by atoms with Crippen LogP contribution in [0, 0.1) is 5.92 Å². The molecule has 0 saturated heterocycles. The van der Waals surface area contributed by atoms with Gasteiger partial charge in [0.2, 0.25) is 5.91 Å².